The molecule has 0 aliphatic carbocycles. The number of ether oxygens (including phenoxy) is 1. The van der Waals surface area contributed by atoms with E-state index in [-0.39, 0.29) is 36.2 Å². The number of hydrogen-bond donors (Lipinski definition) is 4. The number of halogens is 4. The van der Waals surface area contributed by atoms with Crippen LogP contribution in [0.1, 0.15) is 18.9 Å². The molecule has 200 valence electrons. The molecular formula is C25H24F4N6O3. The van der Waals surface area contributed by atoms with Gasteiger partial charge in [0.2, 0.25) is 11.9 Å². The van der Waals surface area contributed by atoms with Gasteiger partial charge in [0.25, 0.3) is 5.91 Å². The quantitative estimate of drug-likeness (QED) is 0.329. The van der Waals surface area contributed by atoms with Crippen LogP contribution in [0, 0.1) is 5.82 Å². The van der Waals surface area contributed by atoms with Crippen molar-refractivity contribution in [2.75, 3.05) is 11.9 Å². The van der Waals surface area contributed by atoms with Crippen LogP contribution >= 0.6 is 0 Å². The average Bonchev–Trinajstić information content (AvgIpc) is 3.14. The molecule has 1 unspecified atom stereocenters. The van der Waals surface area contributed by atoms with E-state index in [1.54, 1.807) is 35.9 Å². The Morgan fingerprint density at radius 3 is 2.66 bits per heavy atom. The van der Waals surface area contributed by atoms with Gasteiger partial charge in [0.1, 0.15) is 17.3 Å². The number of carbonyl (C=O) groups is 2. The Morgan fingerprint density at radius 1 is 1.21 bits per heavy atom. The number of fused-ring (bicyclic) bond motifs is 1. The Balaban J connectivity index is 1.65. The van der Waals surface area contributed by atoms with Crippen molar-refractivity contribution >= 4 is 34.5 Å². The fraction of sp³-hybridized carbons (Fsp3) is 0.240. The molecule has 2 heterocycles. The van der Waals surface area contributed by atoms with Gasteiger partial charge in [-0.1, -0.05) is 0 Å². The zero-order chi connectivity index (χ0) is 27.7. The maximum Gasteiger partial charge on any atom is 0.416 e. The third-order valence-corrected chi connectivity index (χ3v) is 5.85. The summed E-state index contributed by atoms with van der Waals surface area (Å²) < 4.78 is 61.4. The normalized spacial score (nSPS) is 17.1. The number of primary amides is 1. The first-order valence-corrected chi connectivity index (χ1v) is 11.4. The molecule has 0 spiro atoms. The van der Waals surface area contributed by atoms with Crippen LogP contribution in [-0.2, 0) is 22.8 Å². The van der Waals surface area contributed by atoms with E-state index in [2.05, 4.69) is 20.9 Å². The lowest BCUT2D eigenvalue weighted by Gasteiger charge is -2.32. The van der Waals surface area contributed by atoms with E-state index in [0.717, 1.165) is 6.07 Å². The van der Waals surface area contributed by atoms with Gasteiger partial charge >= 0.3 is 6.18 Å². The molecule has 3 aromatic rings. The molecular weight excluding hydrogens is 508 g/mol. The van der Waals surface area contributed by atoms with Crippen LogP contribution in [0.3, 0.4) is 0 Å². The Labute approximate surface area is 214 Å². The van der Waals surface area contributed by atoms with Crippen molar-refractivity contribution < 1.29 is 31.9 Å². The predicted molar refractivity (Wildman–Crippen MR) is 132 cm³/mol. The van der Waals surface area contributed by atoms with Gasteiger partial charge in [-0.3, -0.25) is 9.59 Å². The number of imidazole rings is 1. The van der Waals surface area contributed by atoms with Gasteiger partial charge in [0.05, 0.1) is 22.3 Å². The van der Waals surface area contributed by atoms with Crippen LogP contribution in [-0.4, -0.2) is 33.5 Å². The summed E-state index contributed by atoms with van der Waals surface area (Å²) in [6, 6.07) is 6.99. The number of anilines is 2. The number of nitrogens with one attached hydrogen (secondary N) is 3. The summed E-state index contributed by atoms with van der Waals surface area (Å²) in [5, 5.41) is 8.06. The number of nitrogens with zero attached hydrogens (tertiary/aromatic N) is 2. The first-order valence-electron chi connectivity index (χ1n) is 11.4. The summed E-state index contributed by atoms with van der Waals surface area (Å²) in [7, 11) is 1.62. The smallest absolute Gasteiger partial charge is 0.416 e. The number of rotatable bonds is 8. The first kappa shape index (κ1) is 26.5. The Morgan fingerprint density at radius 2 is 1.97 bits per heavy atom. The Bertz CT molecular complexity index is 1460. The molecule has 38 heavy (non-hydrogen) atoms. The van der Waals surface area contributed by atoms with Gasteiger partial charge < -0.3 is 31.0 Å². The van der Waals surface area contributed by atoms with Crippen LogP contribution in [0.2, 0.25) is 0 Å². The van der Waals surface area contributed by atoms with Gasteiger partial charge in [-0.05, 0) is 42.5 Å². The Hall–Kier alpha value is -4.55. The number of aryl methyl sites for hydroxylation is 1. The molecule has 5 N–H and O–H groups in total. The summed E-state index contributed by atoms with van der Waals surface area (Å²) in [6.45, 7) is 1.62. The molecule has 0 radical (unpaired) electrons. The summed E-state index contributed by atoms with van der Waals surface area (Å²) in [4.78, 5) is 27.5. The molecule has 2 amide bonds. The lowest BCUT2D eigenvalue weighted by Crippen LogP contribution is -2.41. The fourth-order valence-corrected chi connectivity index (χ4v) is 3.94. The minimum Gasteiger partial charge on any atom is -0.479 e. The minimum atomic E-state index is -4.63. The van der Waals surface area contributed by atoms with Crippen molar-refractivity contribution in [3.63, 3.8) is 0 Å². The zero-order valence-corrected chi connectivity index (χ0v) is 20.3. The van der Waals surface area contributed by atoms with Crippen LogP contribution in [0.25, 0.3) is 11.0 Å². The number of aromatic nitrogens is 2. The Kier molecular flexibility index (Phi) is 7.03. The number of dihydropyridines is 1. The summed E-state index contributed by atoms with van der Waals surface area (Å²) in [5.41, 5.74) is 4.02. The molecule has 1 atom stereocenters. The fourth-order valence-electron chi connectivity index (χ4n) is 3.94. The standard InChI is InChI=1S/C25H24F4N6O3/c1-14(36)31-9-7-24(8-10-32-20(13-24)22(30)37)38-16-4-6-21-19(12-16)34-23(35(21)2)33-18-11-15(25(27,28)29)3-5-17(18)26/h3-6,8,10-13,32H,7,9H2,1-2H3,(H2,30,37)(H,31,36)(H,33,34). The van der Waals surface area contributed by atoms with E-state index in [1.807, 2.05) is 0 Å². The number of hydrogen-bond acceptors (Lipinski definition) is 6. The lowest BCUT2D eigenvalue weighted by molar-refractivity contribution is -0.137. The predicted octanol–water partition coefficient (Wildman–Crippen LogP) is 3.60. The average molecular weight is 532 g/mol. The first-order chi connectivity index (χ1) is 17.9. The second-order valence-corrected chi connectivity index (χ2v) is 8.65. The molecule has 1 aliphatic heterocycles. The van der Waals surface area contributed by atoms with E-state index in [1.165, 1.54) is 19.2 Å². The zero-order valence-electron chi connectivity index (χ0n) is 20.3. The van der Waals surface area contributed by atoms with E-state index in [4.69, 9.17) is 10.5 Å². The largest absolute Gasteiger partial charge is 0.479 e. The van der Waals surface area contributed by atoms with Gasteiger partial charge in [0, 0.05) is 39.2 Å². The van der Waals surface area contributed by atoms with Crippen molar-refractivity contribution in [1.29, 1.82) is 0 Å². The number of nitrogens with two attached hydrogens (primary N) is 1. The maximum atomic E-state index is 14.3. The highest BCUT2D eigenvalue weighted by molar-refractivity contribution is 5.92. The minimum absolute atomic E-state index is 0.105. The molecule has 13 heteroatoms. The molecule has 9 nitrogen and oxygen atoms in total. The molecule has 0 bridgehead atoms. The van der Waals surface area contributed by atoms with E-state index in [9.17, 15) is 27.2 Å². The highest BCUT2D eigenvalue weighted by Gasteiger charge is 2.32. The number of benzene rings is 2. The van der Waals surface area contributed by atoms with Gasteiger partial charge in [0.15, 0.2) is 5.60 Å². The third kappa shape index (κ3) is 5.71. The summed E-state index contributed by atoms with van der Waals surface area (Å²) in [6.07, 6.45) is 0.336. The highest BCUT2D eigenvalue weighted by Crippen LogP contribution is 2.34. The SMILES string of the molecule is CC(=O)NCCC1(Oc2ccc3c(c2)nc(Nc2cc(C(F)(F)F)ccc2F)n3C)C=CNC(C(N)=O)=C1. The molecule has 0 fully saturated rings. The molecule has 2 aromatic carbocycles. The van der Waals surface area contributed by atoms with Crippen LogP contribution < -0.4 is 26.4 Å². The van der Waals surface area contributed by atoms with E-state index in [0.29, 0.717) is 28.9 Å². The van der Waals surface area contributed by atoms with Gasteiger partial charge in [-0.2, -0.15) is 13.2 Å². The van der Waals surface area contributed by atoms with Crippen molar-refractivity contribution in [3.8, 4) is 5.75 Å². The molecule has 1 aromatic heterocycles. The molecule has 4 rings (SSSR count). The van der Waals surface area contributed by atoms with E-state index < -0.39 is 29.1 Å². The topological polar surface area (TPSA) is 123 Å². The third-order valence-electron chi connectivity index (χ3n) is 5.85. The highest BCUT2D eigenvalue weighted by atomic mass is 19.4. The summed E-state index contributed by atoms with van der Waals surface area (Å²) >= 11 is 0. The molecule has 0 saturated carbocycles. The lowest BCUT2D eigenvalue weighted by atomic mass is 9.95. The summed E-state index contributed by atoms with van der Waals surface area (Å²) in [5.74, 6) is -1.34. The molecule has 0 saturated heterocycles. The number of amides is 2. The second-order valence-electron chi connectivity index (χ2n) is 8.65. The van der Waals surface area contributed by atoms with Crippen molar-refractivity contribution in [1.82, 2.24) is 20.2 Å². The second kappa shape index (κ2) is 10.1. The number of carbonyl (C=O) groups excluding carboxylic acids is 2. The van der Waals surface area contributed by atoms with Crippen molar-refractivity contribution in [2.24, 2.45) is 12.8 Å². The van der Waals surface area contributed by atoms with Crippen molar-refractivity contribution in [2.45, 2.75) is 25.1 Å². The van der Waals surface area contributed by atoms with Crippen molar-refractivity contribution in [3.05, 3.63) is 71.8 Å². The number of alkyl halides is 3. The maximum absolute atomic E-state index is 14.3. The van der Waals surface area contributed by atoms with Crippen LogP contribution in [0.4, 0.5) is 29.2 Å². The van der Waals surface area contributed by atoms with Gasteiger partial charge in [-0.25, -0.2) is 9.37 Å². The van der Waals surface area contributed by atoms with Crippen LogP contribution in [0.5, 0.6) is 5.75 Å². The monoisotopic (exact) mass is 532 g/mol. The van der Waals surface area contributed by atoms with E-state index >= 15 is 0 Å². The molecule has 1 aliphatic rings. The van der Waals surface area contributed by atoms with Crippen LogP contribution in [0.15, 0.2) is 60.4 Å². The van der Waals surface area contributed by atoms with Gasteiger partial charge in [-0.15, -0.1) is 0 Å².